The summed E-state index contributed by atoms with van der Waals surface area (Å²) in [6.07, 6.45) is 0. The Morgan fingerprint density at radius 1 is 1.24 bits per heavy atom. The predicted octanol–water partition coefficient (Wildman–Crippen LogP) is 3.29. The van der Waals surface area contributed by atoms with Gasteiger partial charge in [-0.25, -0.2) is 10.8 Å². The molecule has 0 fully saturated rings. The van der Waals surface area contributed by atoms with Gasteiger partial charge in [0, 0.05) is 22.1 Å². The summed E-state index contributed by atoms with van der Waals surface area (Å²) in [7, 11) is 0. The van der Waals surface area contributed by atoms with Crippen molar-refractivity contribution in [3.63, 3.8) is 0 Å². The number of aromatic nitrogens is 2. The van der Waals surface area contributed by atoms with Crippen LogP contribution < -0.4 is 16.0 Å². The molecule has 0 radical (unpaired) electrons. The minimum Gasteiger partial charge on any atom is -0.473 e. The molecular weight excluding hydrogens is 288 g/mol. The average molecular weight is 307 g/mol. The largest absolute Gasteiger partial charge is 0.473 e. The molecule has 0 saturated carbocycles. The third-order valence-electron chi connectivity index (χ3n) is 2.85. The van der Waals surface area contributed by atoms with Crippen molar-refractivity contribution in [1.82, 2.24) is 9.97 Å². The first-order chi connectivity index (χ1) is 9.90. The van der Waals surface area contributed by atoms with E-state index in [0.29, 0.717) is 29.2 Å². The molecule has 3 N–H and O–H groups in total. The zero-order chi connectivity index (χ0) is 15.5. The minimum absolute atomic E-state index is 0.199. The van der Waals surface area contributed by atoms with Gasteiger partial charge in [-0.2, -0.15) is 4.98 Å². The first-order valence-corrected chi connectivity index (χ1v) is 7.00. The maximum absolute atomic E-state index is 6.11. The first-order valence-electron chi connectivity index (χ1n) is 6.62. The van der Waals surface area contributed by atoms with E-state index in [0.717, 1.165) is 5.56 Å². The second-order valence-electron chi connectivity index (χ2n) is 5.69. The number of hydrogen-bond acceptors (Lipinski definition) is 5. The van der Waals surface area contributed by atoms with Crippen LogP contribution in [0.3, 0.4) is 0 Å². The fraction of sp³-hybridized carbons (Fsp3) is 0.333. The van der Waals surface area contributed by atoms with Crippen LogP contribution in [0.25, 0.3) is 0 Å². The van der Waals surface area contributed by atoms with Crippen molar-refractivity contribution in [2.75, 3.05) is 5.43 Å². The van der Waals surface area contributed by atoms with Gasteiger partial charge in [0.15, 0.2) is 0 Å². The van der Waals surface area contributed by atoms with Crippen LogP contribution in [0.5, 0.6) is 5.88 Å². The molecule has 1 aromatic carbocycles. The molecule has 0 saturated heterocycles. The van der Waals surface area contributed by atoms with E-state index in [1.165, 1.54) is 0 Å². The fourth-order valence-electron chi connectivity index (χ4n) is 1.68. The number of ether oxygens (including phenoxy) is 1. The number of benzene rings is 1. The van der Waals surface area contributed by atoms with Gasteiger partial charge in [0.1, 0.15) is 18.2 Å². The molecule has 0 spiro atoms. The second-order valence-corrected chi connectivity index (χ2v) is 6.10. The Balaban J connectivity index is 2.22. The van der Waals surface area contributed by atoms with Crippen LogP contribution in [-0.4, -0.2) is 9.97 Å². The second kappa shape index (κ2) is 6.28. The zero-order valence-electron chi connectivity index (χ0n) is 12.4. The van der Waals surface area contributed by atoms with Gasteiger partial charge in [-0.3, -0.25) is 0 Å². The molecule has 1 heterocycles. The quantitative estimate of drug-likeness (QED) is 0.670. The topological polar surface area (TPSA) is 73.1 Å². The Morgan fingerprint density at radius 3 is 2.57 bits per heavy atom. The van der Waals surface area contributed by atoms with Crippen LogP contribution in [0.2, 0.25) is 5.02 Å². The number of hydrogen-bond donors (Lipinski definition) is 2. The lowest BCUT2D eigenvalue weighted by molar-refractivity contribution is 0.290. The summed E-state index contributed by atoms with van der Waals surface area (Å²) in [4.78, 5) is 8.77. The van der Waals surface area contributed by atoms with Gasteiger partial charge in [-0.15, -0.1) is 0 Å². The SMILES string of the molecule is CC(C)(C)c1nc(NN)cc(OCc2ccccc2Cl)n1. The highest BCUT2D eigenvalue weighted by atomic mass is 35.5. The molecule has 0 amide bonds. The predicted molar refractivity (Wildman–Crippen MR) is 84.3 cm³/mol. The molecule has 0 atom stereocenters. The molecular formula is C15H19ClN4O. The summed E-state index contributed by atoms with van der Waals surface area (Å²) in [5, 5.41) is 0.666. The maximum atomic E-state index is 6.11. The van der Waals surface area contributed by atoms with E-state index >= 15 is 0 Å². The average Bonchev–Trinajstić information content (AvgIpc) is 2.45. The van der Waals surface area contributed by atoms with Crippen molar-refractivity contribution in [2.45, 2.75) is 32.8 Å². The molecule has 0 aliphatic heterocycles. The van der Waals surface area contributed by atoms with Gasteiger partial charge in [0.25, 0.3) is 0 Å². The lowest BCUT2D eigenvalue weighted by Gasteiger charge is -2.18. The molecule has 2 aromatic rings. The minimum atomic E-state index is -0.199. The summed E-state index contributed by atoms with van der Waals surface area (Å²) in [5.74, 6) is 7.08. The lowest BCUT2D eigenvalue weighted by Crippen LogP contribution is -2.19. The number of hydrazine groups is 1. The molecule has 112 valence electrons. The van der Waals surface area contributed by atoms with Gasteiger partial charge in [0.05, 0.1) is 0 Å². The Morgan fingerprint density at radius 2 is 1.95 bits per heavy atom. The van der Waals surface area contributed by atoms with E-state index in [1.54, 1.807) is 6.07 Å². The van der Waals surface area contributed by atoms with Crippen LogP contribution in [0.4, 0.5) is 5.82 Å². The van der Waals surface area contributed by atoms with Gasteiger partial charge in [-0.1, -0.05) is 50.6 Å². The molecule has 0 unspecified atom stereocenters. The highest BCUT2D eigenvalue weighted by Gasteiger charge is 2.19. The molecule has 6 heteroatoms. The van der Waals surface area contributed by atoms with Crippen molar-refractivity contribution >= 4 is 17.4 Å². The van der Waals surface area contributed by atoms with Gasteiger partial charge in [-0.05, 0) is 6.07 Å². The van der Waals surface area contributed by atoms with Crippen molar-refractivity contribution in [3.05, 3.63) is 46.7 Å². The Hall–Kier alpha value is -1.85. The monoisotopic (exact) mass is 306 g/mol. The number of nitrogens with one attached hydrogen (secondary N) is 1. The van der Waals surface area contributed by atoms with Crippen LogP contribution >= 0.6 is 11.6 Å². The van der Waals surface area contributed by atoms with E-state index in [-0.39, 0.29) is 5.41 Å². The highest BCUT2D eigenvalue weighted by Crippen LogP contribution is 2.24. The number of nitrogens with two attached hydrogens (primary N) is 1. The summed E-state index contributed by atoms with van der Waals surface area (Å²) < 4.78 is 5.72. The van der Waals surface area contributed by atoms with Gasteiger partial charge in [0.2, 0.25) is 5.88 Å². The molecule has 2 rings (SSSR count). The molecule has 21 heavy (non-hydrogen) atoms. The summed E-state index contributed by atoms with van der Waals surface area (Å²) >= 11 is 6.11. The number of rotatable bonds is 4. The third kappa shape index (κ3) is 4.06. The smallest absolute Gasteiger partial charge is 0.219 e. The van der Waals surface area contributed by atoms with E-state index < -0.39 is 0 Å². The van der Waals surface area contributed by atoms with Crippen LogP contribution in [0, 0.1) is 0 Å². The summed E-state index contributed by atoms with van der Waals surface area (Å²) in [5.41, 5.74) is 3.23. The molecule has 5 nitrogen and oxygen atoms in total. The zero-order valence-corrected chi connectivity index (χ0v) is 13.1. The van der Waals surface area contributed by atoms with Crippen molar-refractivity contribution in [3.8, 4) is 5.88 Å². The normalized spacial score (nSPS) is 11.3. The first kappa shape index (κ1) is 15.5. The van der Waals surface area contributed by atoms with E-state index in [9.17, 15) is 0 Å². The molecule has 0 aliphatic rings. The number of nitrogens with zero attached hydrogens (tertiary/aromatic N) is 2. The van der Waals surface area contributed by atoms with Gasteiger partial charge >= 0.3 is 0 Å². The standard InChI is InChI=1S/C15H19ClN4O/c1-15(2,3)14-18-12(20-17)8-13(19-14)21-9-10-6-4-5-7-11(10)16/h4-8H,9,17H2,1-3H3,(H,18,19,20). The Labute approximate surface area is 129 Å². The van der Waals surface area contributed by atoms with E-state index in [2.05, 4.69) is 15.4 Å². The molecule has 0 bridgehead atoms. The summed E-state index contributed by atoms with van der Waals surface area (Å²) in [6, 6.07) is 9.19. The lowest BCUT2D eigenvalue weighted by atomic mass is 9.96. The molecule has 0 aliphatic carbocycles. The van der Waals surface area contributed by atoms with Crippen molar-refractivity contribution in [1.29, 1.82) is 0 Å². The Kier molecular flexibility index (Phi) is 4.65. The molecule has 1 aromatic heterocycles. The van der Waals surface area contributed by atoms with Crippen LogP contribution in [0.15, 0.2) is 30.3 Å². The van der Waals surface area contributed by atoms with Crippen molar-refractivity contribution in [2.24, 2.45) is 5.84 Å². The van der Waals surface area contributed by atoms with E-state index in [4.69, 9.17) is 22.2 Å². The number of halogens is 1. The third-order valence-corrected chi connectivity index (χ3v) is 3.22. The maximum Gasteiger partial charge on any atom is 0.219 e. The number of anilines is 1. The Bertz CT molecular complexity index is 625. The highest BCUT2D eigenvalue weighted by molar-refractivity contribution is 6.31. The van der Waals surface area contributed by atoms with E-state index in [1.807, 2.05) is 45.0 Å². The van der Waals surface area contributed by atoms with Crippen LogP contribution in [0.1, 0.15) is 32.2 Å². The summed E-state index contributed by atoms with van der Waals surface area (Å²) in [6.45, 7) is 6.42. The van der Waals surface area contributed by atoms with Crippen LogP contribution in [-0.2, 0) is 12.0 Å². The van der Waals surface area contributed by atoms with Gasteiger partial charge < -0.3 is 10.2 Å². The van der Waals surface area contributed by atoms with Crippen molar-refractivity contribution < 1.29 is 4.74 Å². The number of nitrogen functional groups attached to an aromatic ring is 1. The fourth-order valence-corrected chi connectivity index (χ4v) is 1.87.